The summed E-state index contributed by atoms with van der Waals surface area (Å²) in [6, 6.07) is 0. The summed E-state index contributed by atoms with van der Waals surface area (Å²) in [5.74, 6) is 0. The SMILES string of the molecule is CCCCCCCCCCCCCCCCCCCCCCCCCCC[CH]N. The Morgan fingerprint density at radius 3 is 0.759 bits per heavy atom. The van der Waals surface area contributed by atoms with Gasteiger partial charge in [0.25, 0.3) is 0 Å². The molecule has 1 heteroatoms. The van der Waals surface area contributed by atoms with E-state index in [1.54, 1.807) is 6.54 Å². The van der Waals surface area contributed by atoms with Crippen LogP contribution in [0.1, 0.15) is 174 Å². The van der Waals surface area contributed by atoms with E-state index in [4.69, 9.17) is 5.73 Å². The van der Waals surface area contributed by atoms with Gasteiger partial charge in [-0.1, -0.05) is 167 Å². The zero-order valence-corrected chi connectivity index (χ0v) is 20.5. The Labute approximate surface area is 186 Å². The molecular weight excluding hydrogens is 350 g/mol. The Morgan fingerprint density at radius 1 is 0.345 bits per heavy atom. The summed E-state index contributed by atoms with van der Waals surface area (Å²) in [5, 5.41) is 0. The maximum atomic E-state index is 5.40. The molecule has 0 saturated carbocycles. The van der Waals surface area contributed by atoms with Gasteiger partial charge in [0.15, 0.2) is 0 Å². The summed E-state index contributed by atoms with van der Waals surface area (Å²) >= 11 is 0. The Morgan fingerprint density at radius 2 is 0.552 bits per heavy atom. The summed E-state index contributed by atoms with van der Waals surface area (Å²) in [7, 11) is 0. The molecule has 0 rings (SSSR count). The van der Waals surface area contributed by atoms with Gasteiger partial charge < -0.3 is 5.73 Å². The monoisotopic (exact) mass is 408 g/mol. The fraction of sp³-hybridized carbons (Fsp3) is 0.964. The van der Waals surface area contributed by atoms with Crippen LogP contribution in [0.4, 0.5) is 0 Å². The molecule has 175 valence electrons. The fourth-order valence-electron chi connectivity index (χ4n) is 4.40. The molecule has 29 heavy (non-hydrogen) atoms. The third-order valence-corrected chi connectivity index (χ3v) is 6.47. The molecule has 2 N–H and O–H groups in total. The zero-order chi connectivity index (χ0) is 21.1. The number of hydrogen-bond acceptors (Lipinski definition) is 1. The van der Waals surface area contributed by atoms with Gasteiger partial charge in [0.2, 0.25) is 0 Å². The van der Waals surface area contributed by atoms with E-state index >= 15 is 0 Å². The van der Waals surface area contributed by atoms with Crippen LogP contribution in [0.5, 0.6) is 0 Å². The van der Waals surface area contributed by atoms with Crippen LogP contribution in [0.25, 0.3) is 0 Å². The van der Waals surface area contributed by atoms with E-state index in [0.29, 0.717) is 0 Å². The van der Waals surface area contributed by atoms with Crippen LogP contribution in [0.3, 0.4) is 0 Å². The van der Waals surface area contributed by atoms with Crippen molar-refractivity contribution in [3.63, 3.8) is 0 Å². The molecule has 1 nitrogen and oxygen atoms in total. The predicted octanol–water partition coefficient (Wildman–Crippen LogP) is 10.3. The van der Waals surface area contributed by atoms with Crippen molar-refractivity contribution in [2.75, 3.05) is 0 Å². The minimum Gasteiger partial charge on any atom is -0.326 e. The number of nitrogens with two attached hydrogens (primary N) is 1. The van der Waals surface area contributed by atoms with Crippen LogP contribution in [-0.2, 0) is 0 Å². The van der Waals surface area contributed by atoms with Crippen molar-refractivity contribution >= 4 is 0 Å². The lowest BCUT2D eigenvalue weighted by Gasteiger charge is -2.04. The molecule has 0 atom stereocenters. The lowest BCUT2D eigenvalue weighted by molar-refractivity contribution is 0.516. The average molecular weight is 409 g/mol. The Hall–Kier alpha value is -0.0400. The fourth-order valence-corrected chi connectivity index (χ4v) is 4.40. The van der Waals surface area contributed by atoms with Gasteiger partial charge in [0, 0.05) is 6.54 Å². The lowest BCUT2D eigenvalue weighted by Crippen LogP contribution is -1.89. The smallest absolute Gasteiger partial charge is 0.0192 e. The molecule has 0 heterocycles. The first-order valence-corrected chi connectivity index (χ1v) is 13.9. The third kappa shape index (κ3) is 28.0. The van der Waals surface area contributed by atoms with Crippen molar-refractivity contribution in [3.05, 3.63) is 6.54 Å². The number of unbranched alkanes of at least 4 members (excludes halogenated alkanes) is 25. The van der Waals surface area contributed by atoms with Gasteiger partial charge in [-0.3, -0.25) is 0 Å². The van der Waals surface area contributed by atoms with Gasteiger partial charge in [-0.15, -0.1) is 0 Å². The zero-order valence-electron chi connectivity index (χ0n) is 20.5. The van der Waals surface area contributed by atoms with E-state index in [2.05, 4.69) is 6.92 Å². The molecular formula is C28H58N. The van der Waals surface area contributed by atoms with Crippen LogP contribution in [0.15, 0.2) is 0 Å². The molecule has 0 fully saturated rings. The molecule has 0 saturated heterocycles. The standard InChI is InChI=1S/C28H58N/c1-2-3-4-5-6-7-8-9-10-11-12-13-14-15-16-17-18-19-20-21-22-23-24-25-26-27-28-29/h28H,2-27,29H2,1H3. The number of rotatable bonds is 26. The molecule has 1 radical (unpaired) electrons. The average Bonchev–Trinajstić information content (AvgIpc) is 2.74. The van der Waals surface area contributed by atoms with E-state index in [-0.39, 0.29) is 0 Å². The maximum Gasteiger partial charge on any atom is 0.0192 e. The second-order valence-corrected chi connectivity index (χ2v) is 9.51. The lowest BCUT2D eigenvalue weighted by atomic mass is 10.0. The van der Waals surface area contributed by atoms with Crippen molar-refractivity contribution in [2.24, 2.45) is 5.73 Å². The quantitative estimate of drug-likeness (QED) is 0.141. The molecule has 0 unspecified atom stereocenters. The highest BCUT2D eigenvalue weighted by atomic mass is 14.5. The first-order chi connectivity index (χ1) is 14.4. The predicted molar refractivity (Wildman–Crippen MR) is 134 cm³/mol. The number of hydrogen-bond donors (Lipinski definition) is 1. The molecule has 0 aliphatic rings. The third-order valence-electron chi connectivity index (χ3n) is 6.47. The van der Waals surface area contributed by atoms with Crippen molar-refractivity contribution < 1.29 is 0 Å². The molecule has 0 amide bonds. The van der Waals surface area contributed by atoms with E-state index in [9.17, 15) is 0 Å². The molecule has 0 aliphatic heterocycles. The van der Waals surface area contributed by atoms with E-state index < -0.39 is 0 Å². The molecule has 0 aliphatic carbocycles. The normalized spacial score (nSPS) is 11.4. The Bertz CT molecular complexity index is 237. The Kier molecular flexibility index (Phi) is 27.9. The van der Waals surface area contributed by atoms with Crippen molar-refractivity contribution in [1.82, 2.24) is 0 Å². The van der Waals surface area contributed by atoms with E-state index in [1.807, 2.05) is 0 Å². The van der Waals surface area contributed by atoms with Gasteiger partial charge in [0.1, 0.15) is 0 Å². The molecule has 0 spiro atoms. The van der Waals surface area contributed by atoms with Crippen LogP contribution < -0.4 is 5.73 Å². The van der Waals surface area contributed by atoms with E-state index in [0.717, 1.165) is 6.42 Å². The van der Waals surface area contributed by atoms with Gasteiger partial charge in [-0.05, 0) is 6.42 Å². The van der Waals surface area contributed by atoms with Crippen LogP contribution in [0, 0.1) is 6.54 Å². The van der Waals surface area contributed by atoms with Crippen molar-refractivity contribution in [1.29, 1.82) is 0 Å². The van der Waals surface area contributed by atoms with Gasteiger partial charge in [-0.25, -0.2) is 0 Å². The molecule has 0 aromatic heterocycles. The van der Waals surface area contributed by atoms with Crippen molar-refractivity contribution in [3.8, 4) is 0 Å². The summed E-state index contributed by atoms with van der Waals surface area (Å²) in [6.45, 7) is 4.11. The summed E-state index contributed by atoms with van der Waals surface area (Å²) < 4.78 is 0. The first-order valence-electron chi connectivity index (χ1n) is 13.9. The second-order valence-electron chi connectivity index (χ2n) is 9.51. The highest BCUT2D eigenvalue weighted by molar-refractivity contribution is 4.54. The first kappa shape index (κ1) is 29.0. The highest BCUT2D eigenvalue weighted by Gasteiger charge is 1.96. The topological polar surface area (TPSA) is 26.0 Å². The minimum atomic E-state index is 1.10. The molecule has 0 bridgehead atoms. The van der Waals surface area contributed by atoms with E-state index in [1.165, 1.54) is 161 Å². The van der Waals surface area contributed by atoms with Gasteiger partial charge in [-0.2, -0.15) is 0 Å². The summed E-state index contributed by atoms with van der Waals surface area (Å²) in [6.07, 6.45) is 37.5. The van der Waals surface area contributed by atoms with Crippen LogP contribution >= 0.6 is 0 Å². The largest absolute Gasteiger partial charge is 0.326 e. The van der Waals surface area contributed by atoms with Gasteiger partial charge >= 0.3 is 0 Å². The van der Waals surface area contributed by atoms with Gasteiger partial charge in [0.05, 0.1) is 0 Å². The van der Waals surface area contributed by atoms with Crippen LogP contribution in [-0.4, -0.2) is 0 Å². The molecule has 0 aromatic carbocycles. The minimum absolute atomic E-state index is 1.10. The van der Waals surface area contributed by atoms with Crippen LogP contribution in [0.2, 0.25) is 0 Å². The maximum absolute atomic E-state index is 5.40. The van der Waals surface area contributed by atoms with Crippen molar-refractivity contribution in [2.45, 2.75) is 174 Å². The summed E-state index contributed by atoms with van der Waals surface area (Å²) in [4.78, 5) is 0. The molecule has 0 aromatic rings. The summed E-state index contributed by atoms with van der Waals surface area (Å²) in [5.41, 5.74) is 5.40. The second kappa shape index (κ2) is 28.0. The highest BCUT2D eigenvalue weighted by Crippen LogP contribution is 2.15. The Balaban J connectivity index is 2.97.